The van der Waals surface area contributed by atoms with Crippen LogP contribution in [0.4, 0.5) is 0 Å². The summed E-state index contributed by atoms with van der Waals surface area (Å²) in [7, 11) is 0. The second-order valence-electron chi connectivity index (χ2n) is 3.93. The maximum Gasteiger partial charge on any atom is 0.195 e. The van der Waals surface area contributed by atoms with Gasteiger partial charge in [0.1, 0.15) is 0 Å². The van der Waals surface area contributed by atoms with Crippen LogP contribution >= 0.6 is 0 Å². The van der Waals surface area contributed by atoms with E-state index < -0.39 is 0 Å². The van der Waals surface area contributed by atoms with E-state index in [-0.39, 0.29) is 11.6 Å². The monoisotopic (exact) mass is 243 g/mol. The van der Waals surface area contributed by atoms with Crippen LogP contribution in [-0.2, 0) is 9.59 Å². The van der Waals surface area contributed by atoms with Gasteiger partial charge in [-0.1, -0.05) is 42.5 Å². The van der Waals surface area contributed by atoms with Gasteiger partial charge in [0, 0.05) is 19.8 Å². The van der Waals surface area contributed by atoms with E-state index in [1.54, 1.807) is 0 Å². The zero-order valence-electron chi connectivity index (χ0n) is 10.6. The third kappa shape index (κ3) is 4.78. The van der Waals surface area contributed by atoms with Gasteiger partial charge < -0.3 is 5.32 Å². The largest absolute Gasteiger partial charge is 0.368 e. The van der Waals surface area contributed by atoms with Gasteiger partial charge in [0.05, 0.1) is 0 Å². The average Bonchev–Trinajstić information content (AvgIpc) is 2.41. The molecule has 0 aliphatic carbocycles. The number of dihydropyridines is 1. The minimum absolute atomic E-state index is 0.380. The molecule has 0 spiro atoms. The lowest BCUT2D eigenvalue weighted by molar-refractivity contribution is -0.134. The van der Waals surface area contributed by atoms with Crippen LogP contribution in [-0.4, -0.2) is 11.6 Å². The fraction of sp³-hybridized carbons (Fsp3) is 0.200. The number of ketones is 2. The van der Waals surface area contributed by atoms with E-state index in [9.17, 15) is 9.59 Å². The number of carbonyl (C=O) groups is 2. The summed E-state index contributed by atoms with van der Waals surface area (Å²) >= 11 is 0. The van der Waals surface area contributed by atoms with Crippen LogP contribution in [0.15, 0.2) is 54.9 Å². The Morgan fingerprint density at radius 1 is 0.944 bits per heavy atom. The van der Waals surface area contributed by atoms with Crippen molar-refractivity contribution in [3.63, 3.8) is 0 Å². The third-order valence-corrected chi connectivity index (χ3v) is 2.48. The highest BCUT2D eigenvalue weighted by molar-refractivity contribution is 6.35. The highest BCUT2D eigenvalue weighted by atomic mass is 16.2. The number of hydrogen-bond acceptors (Lipinski definition) is 3. The topological polar surface area (TPSA) is 46.2 Å². The molecule has 0 unspecified atom stereocenters. The molecule has 1 N–H and O–H groups in total. The van der Waals surface area contributed by atoms with E-state index in [2.05, 4.69) is 41.7 Å². The molecule has 18 heavy (non-hydrogen) atoms. The van der Waals surface area contributed by atoms with Gasteiger partial charge >= 0.3 is 0 Å². The van der Waals surface area contributed by atoms with Crippen LogP contribution in [0.1, 0.15) is 25.3 Å². The van der Waals surface area contributed by atoms with Gasteiger partial charge in [0.25, 0.3) is 0 Å². The molecular weight excluding hydrogens is 226 g/mol. The van der Waals surface area contributed by atoms with Crippen LogP contribution < -0.4 is 5.32 Å². The quantitative estimate of drug-likeness (QED) is 0.812. The molecule has 0 aromatic heterocycles. The molecule has 0 fully saturated rings. The molecule has 0 radical (unpaired) electrons. The Morgan fingerprint density at radius 2 is 1.44 bits per heavy atom. The van der Waals surface area contributed by atoms with Crippen molar-refractivity contribution in [3.8, 4) is 0 Å². The predicted octanol–water partition coefficient (Wildman–Crippen LogP) is 2.57. The molecule has 0 amide bonds. The first kappa shape index (κ1) is 13.9. The summed E-state index contributed by atoms with van der Waals surface area (Å²) in [5, 5.41) is 3.02. The standard InChI is InChI=1S/C11H11N.C4H6O2/c1-2-4-10(5-3-1)11-6-8-12-9-7-11;1-3(5)4(2)6/h1-9,11-12H;1-2H3. The van der Waals surface area contributed by atoms with Crippen molar-refractivity contribution in [2.75, 3.05) is 0 Å². The SMILES string of the molecule is C1=CC(c2ccccc2)C=CN1.CC(=O)C(C)=O. The van der Waals surface area contributed by atoms with Crippen molar-refractivity contribution in [2.24, 2.45) is 0 Å². The zero-order chi connectivity index (χ0) is 13.4. The normalized spacial score (nSPS) is 13.2. The van der Waals surface area contributed by atoms with Crippen LogP contribution in [0.3, 0.4) is 0 Å². The number of allylic oxidation sites excluding steroid dienone is 2. The van der Waals surface area contributed by atoms with Gasteiger partial charge in [0.2, 0.25) is 0 Å². The Morgan fingerprint density at radius 3 is 1.89 bits per heavy atom. The first-order valence-electron chi connectivity index (χ1n) is 5.77. The summed E-state index contributed by atoms with van der Waals surface area (Å²) < 4.78 is 0. The number of carbonyl (C=O) groups excluding carboxylic acids is 2. The highest BCUT2D eigenvalue weighted by Crippen LogP contribution is 2.19. The number of rotatable bonds is 2. The first-order chi connectivity index (χ1) is 8.61. The smallest absolute Gasteiger partial charge is 0.195 e. The summed E-state index contributed by atoms with van der Waals surface area (Å²) in [4.78, 5) is 19.6. The zero-order valence-corrected chi connectivity index (χ0v) is 10.6. The van der Waals surface area contributed by atoms with Gasteiger partial charge in [0.15, 0.2) is 11.6 Å². The second-order valence-corrected chi connectivity index (χ2v) is 3.93. The molecule has 0 bridgehead atoms. The Balaban J connectivity index is 0.000000232. The first-order valence-corrected chi connectivity index (χ1v) is 5.77. The number of benzene rings is 1. The lowest BCUT2D eigenvalue weighted by Gasteiger charge is -2.11. The van der Waals surface area contributed by atoms with Gasteiger partial charge in [-0.3, -0.25) is 9.59 Å². The van der Waals surface area contributed by atoms with Gasteiger partial charge in [-0.25, -0.2) is 0 Å². The average molecular weight is 243 g/mol. The molecular formula is C15H17NO2. The number of Topliss-reactive ketones (excluding diaryl/α,β-unsaturated/α-hetero) is 2. The molecule has 1 heterocycles. The van der Waals surface area contributed by atoms with Gasteiger partial charge in [-0.05, 0) is 18.0 Å². The lowest BCUT2D eigenvalue weighted by atomic mass is 9.98. The van der Waals surface area contributed by atoms with Crippen LogP contribution in [0.25, 0.3) is 0 Å². The maximum absolute atomic E-state index is 9.79. The molecule has 1 aliphatic heterocycles. The van der Waals surface area contributed by atoms with Crippen LogP contribution in [0.2, 0.25) is 0 Å². The molecule has 0 atom stereocenters. The van der Waals surface area contributed by atoms with Crippen molar-refractivity contribution < 1.29 is 9.59 Å². The second kappa shape index (κ2) is 7.22. The van der Waals surface area contributed by atoms with E-state index in [1.165, 1.54) is 19.4 Å². The van der Waals surface area contributed by atoms with Crippen LogP contribution in [0.5, 0.6) is 0 Å². The molecule has 94 valence electrons. The number of hydrogen-bond donors (Lipinski definition) is 1. The fourth-order valence-electron chi connectivity index (χ4n) is 1.34. The number of nitrogens with one attached hydrogen (secondary N) is 1. The minimum atomic E-state index is -0.380. The van der Waals surface area contributed by atoms with E-state index >= 15 is 0 Å². The van der Waals surface area contributed by atoms with Gasteiger partial charge in [-0.2, -0.15) is 0 Å². The Bertz CT molecular complexity index is 437. The van der Waals surface area contributed by atoms with Crippen molar-refractivity contribution in [1.82, 2.24) is 5.32 Å². The summed E-state index contributed by atoms with van der Waals surface area (Å²) in [6.07, 6.45) is 8.24. The van der Waals surface area contributed by atoms with Crippen molar-refractivity contribution >= 4 is 11.6 Å². The molecule has 1 aromatic carbocycles. The maximum atomic E-state index is 9.79. The Kier molecular flexibility index (Phi) is 5.58. The van der Waals surface area contributed by atoms with E-state index in [1.807, 2.05) is 18.5 Å². The molecule has 0 saturated heterocycles. The highest BCUT2D eigenvalue weighted by Gasteiger charge is 2.03. The van der Waals surface area contributed by atoms with Gasteiger partial charge in [-0.15, -0.1) is 0 Å². The van der Waals surface area contributed by atoms with E-state index in [0.717, 1.165) is 0 Å². The predicted molar refractivity (Wildman–Crippen MR) is 72.0 cm³/mol. The molecule has 1 aliphatic rings. The molecule has 2 rings (SSSR count). The Hall–Kier alpha value is -2.16. The van der Waals surface area contributed by atoms with Crippen LogP contribution in [0, 0.1) is 0 Å². The summed E-state index contributed by atoms with van der Waals surface area (Å²) in [5.74, 6) is -0.322. The lowest BCUT2D eigenvalue weighted by Crippen LogP contribution is -2.02. The van der Waals surface area contributed by atoms with E-state index in [4.69, 9.17) is 0 Å². The minimum Gasteiger partial charge on any atom is -0.368 e. The molecule has 3 nitrogen and oxygen atoms in total. The van der Waals surface area contributed by atoms with Crippen molar-refractivity contribution in [1.29, 1.82) is 0 Å². The van der Waals surface area contributed by atoms with Crippen molar-refractivity contribution in [2.45, 2.75) is 19.8 Å². The third-order valence-electron chi connectivity index (χ3n) is 2.48. The molecule has 1 aromatic rings. The summed E-state index contributed by atoms with van der Waals surface area (Å²) in [6.45, 7) is 2.50. The summed E-state index contributed by atoms with van der Waals surface area (Å²) in [6, 6.07) is 10.5. The molecule has 3 heteroatoms. The summed E-state index contributed by atoms with van der Waals surface area (Å²) in [5.41, 5.74) is 1.34. The fourth-order valence-corrected chi connectivity index (χ4v) is 1.34. The van der Waals surface area contributed by atoms with E-state index in [0.29, 0.717) is 5.92 Å². The molecule has 0 saturated carbocycles. The Labute approximate surface area is 107 Å². The van der Waals surface area contributed by atoms with Crippen molar-refractivity contribution in [3.05, 3.63) is 60.4 Å².